The number of amides is 1. The number of benzene rings is 1. The summed E-state index contributed by atoms with van der Waals surface area (Å²) < 4.78 is 30.0. The predicted octanol–water partition coefficient (Wildman–Crippen LogP) is 1.96. The van der Waals surface area contributed by atoms with Crippen LogP contribution in [0.1, 0.15) is 18.4 Å². The van der Waals surface area contributed by atoms with E-state index in [1.54, 1.807) is 25.3 Å². The molecule has 0 fully saturated rings. The highest BCUT2D eigenvalue weighted by Crippen LogP contribution is 2.25. The van der Waals surface area contributed by atoms with Gasteiger partial charge >= 0.3 is 0 Å². The molecule has 6 nitrogen and oxygen atoms in total. The number of halogens is 1. The number of carbonyl (C=O) groups excluding carboxylic acids is 1. The third-order valence-corrected chi connectivity index (χ3v) is 4.83. The van der Waals surface area contributed by atoms with E-state index in [0.717, 1.165) is 11.8 Å². The van der Waals surface area contributed by atoms with Crippen molar-refractivity contribution in [2.24, 2.45) is 0 Å². The maximum Gasteiger partial charge on any atom is 0.232 e. The average Bonchev–Trinajstić information content (AvgIpc) is 2.46. The molecule has 1 N–H and O–H groups in total. The maximum absolute atomic E-state index is 12.0. The third-order valence-electron chi connectivity index (χ3n) is 3.23. The van der Waals surface area contributed by atoms with Crippen LogP contribution in [0.5, 0.6) is 0 Å². The smallest absolute Gasteiger partial charge is 0.232 e. The number of hydrogen-bond acceptors (Lipinski definition) is 4. The van der Waals surface area contributed by atoms with Gasteiger partial charge in [0.15, 0.2) is 0 Å². The van der Waals surface area contributed by atoms with E-state index in [-0.39, 0.29) is 18.9 Å². The number of rotatable bonds is 9. The predicted molar refractivity (Wildman–Crippen MR) is 92.5 cm³/mol. The van der Waals surface area contributed by atoms with Crippen molar-refractivity contribution in [2.45, 2.75) is 19.8 Å². The molecule has 8 heteroatoms. The van der Waals surface area contributed by atoms with Crippen molar-refractivity contribution in [3.05, 3.63) is 28.8 Å². The van der Waals surface area contributed by atoms with Crippen molar-refractivity contribution >= 4 is 33.2 Å². The maximum atomic E-state index is 12.0. The first kappa shape index (κ1) is 19.7. The van der Waals surface area contributed by atoms with Gasteiger partial charge in [0.1, 0.15) is 0 Å². The van der Waals surface area contributed by atoms with Crippen LogP contribution in [0.3, 0.4) is 0 Å². The standard InChI is InChI=1S/C15H23ClN2O4S/c1-12-5-6-13(11-14(12)16)18(23(3,20)21)9-7-15(19)17-8-4-10-22-2/h5-6,11H,4,7-10H2,1-3H3,(H,17,19). The Morgan fingerprint density at radius 2 is 2.09 bits per heavy atom. The Morgan fingerprint density at radius 3 is 2.65 bits per heavy atom. The van der Waals surface area contributed by atoms with Gasteiger partial charge in [0.05, 0.1) is 11.9 Å². The van der Waals surface area contributed by atoms with Crippen LogP contribution in [0, 0.1) is 6.92 Å². The average molecular weight is 363 g/mol. The van der Waals surface area contributed by atoms with E-state index < -0.39 is 10.0 Å². The molecule has 0 heterocycles. The lowest BCUT2D eigenvalue weighted by Crippen LogP contribution is -2.35. The van der Waals surface area contributed by atoms with Gasteiger partial charge in [0.25, 0.3) is 0 Å². The summed E-state index contributed by atoms with van der Waals surface area (Å²) in [5.74, 6) is -0.201. The van der Waals surface area contributed by atoms with Crippen LogP contribution in [0.15, 0.2) is 18.2 Å². The fourth-order valence-electron chi connectivity index (χ4n) is 1.96. The van der Waals surface area contributed by atoms with Gasteiger partial charge in [-0.1, -0.05) is 17.7 Å². The molecule has 0 spiro atoms. The lowest BCUT2D eigenvalue weighted by atomic mass is 10.2. The molecule has 23 heavy (non-hydrogen) atoms. The molecule has 0 saturated carbocycles. The van der Waals surface area contributed by atoms with Gasteiger partial charge in [-0.05, 0) is 31.0 Å². The molecular formula is C15H23ClN2O4S. The summed E-state index contributed by atoms with van der Waals surface area (Å²) in [6.45, 7) is 2.97. The molecule has 130 valence electrons. The minimum atomic E-state index is -3.50. The number of nitrogens with one attached hydrogen (secondary N) is 1. The van der Waals surface area contributed by atoms with Crippen LogP contribution in [-0.4, -0.2) is 47.4 Å². The summed E-state index contributed by atoms with van der Waals surface area (Å²) >= 11 is 6.06. The SMILES string of the molecule is COCCCNC(=O)CCN(c1ccc(C)c(Cl)c1)S(C)(=O)=O. The molecule has 0 unspecified atom stereocenters. The summed E-state index contributed by atoms with van der Waals surface area (Å²) in [4.78, 5) is 11.8. The Bertz CT molecular complexity index is 634. The topological polar surface area (TPSA) is 75.7 Å². The van der Waals surface area contributed by atoms with Crippen molar-refractivity contribution < 1.29 is 17.9 Å². The van der Waals surface area contributed by atoms with Gasteiger partial charge in [-0.3, -0.25) is 9.10 Å². The van der Waals surface area contributed by atoms with Crippen LogP contribution in [0.25, 0.3) is 0 Å². The zero-order valence-electron chi connectivity index (χ0n) is 13.6. The molecule has 1 rings (SSSR count). The summed E-state index contributed by atoms with van der Waals surface area (Å²) in [6.07, 6.45) is 1.90. The van der Waals surface area contributed by atoms with Crippen LogP contribution in [-0.2, 0) is 19.6 Å². The second-order valence-corrected chi connectivity index (χ2v) is 7.53. The summed E-state index contributed by atoms with van der Waals surface area (Å²) in [5, 5.41) is 3.22. The lowest BCUT2D eigenvalue weighted by molar-refractivity contribution is -0.120. The van der Waals surface area contributed by atoms with Crippen LogP contribution < -0.4 is 9.62 Å². The normalized spacial score (nSPS) is 11.3. The molecule has 1 aromatic carbocycles. The van der Waals surface area contributed by atoms with E-state index in [9.17, 15) is 13.2 Å². The molecule has 1 amide bonds. The minimum absolute atomic E-state index is 0.0638. The van der Waals surface area contributed by atoms with Crippen molar-refractivity contribution in [1.29, 1.82) is 0 Å². The van der Waals surface area contributed by atoms with Crippen molar-refractivity contribution in [3.8, 4) is 0 Å². The molecule has 0 saturated heterocycles. The van der Waals surface area contributed by atoms with Gasteiger partial charge < -0.3 is 10.1 Å². The number of ether oxygens (including phenoxy) is 1. The molecule has 0 bridgehead atoms. The molecular weight excluding hydrogens is 340 g/mol. The highest BCUT2D eigenvalue weighted by atomic mass is 35.5. The van der Waals surface area contributed by atoms with Gasteiger partial charge in [0.2, 0.25) is 15.9 Å². The molecule has 0 aliphatic carbocycles. The van der Waals surface area contributed by atoms with Gasteiger partial charge in [0, 0.05) is 38.2 Å². The first-order valence-corrected chi connectivity index (χ1v) is 9.48. The van der Waals surface area contributed by atoms with Crippen LogP contribution >= 0.6 is 11.6 Å². The number of nitrogens with zero attached hydrogens (tertiary/aromatic N) is 1. The molecule has 0 aliphatic rings. The van der Waals surface area contributed by atoms with E-state index >= 15 is 0 Å². The van der Waals surface area contributed by atoms with E-state index in [0.29, 0.717) is 30.3 Å². The Balaban J connectivity index is 2.70. The second-order valence-electron chi connectivity index (χ2n) is 5.21. The number of aryl methyl sites for hydroxylation is 1. The minimum Gasteiger partial charge on any atom is -0.385 e. The first-order chi connectivity index (χ1) is 10.8. The monoisotopic (exact) mass is 362 g/mol. The van der Waals surface area contributed by atoms with Crippen LogP contribution in [0.4, 0.5) is 5.69 Å². The molecule has 0 aromatic heterocycles. The number of sulfonamides is 1. The van der Waals surface area contributed by atoms with Crippen LogP contribution in [0.2, 0.25) is 5.02 Å². The van der Waals surface area contributed by atoms with E-state index in [1.165, 1.54) is 4.31 Å². The second kappa shape index (κ2) is 9.10. The van der Waals surface area contributed by atoms with Crippen molar-refractivity contribution in [3.63, 3.8) is 0 Å². The largest absolute Gasteiger partial charge is 0.385 e. The lowest BCUT2D eigenvalue weighted by Gasteiger charge is -2.22. The van der Waals surface area contributed by atoms with E-state index in [2.05, 4.69) is 5.32 Å². The highest BCUT2D eigenvalue weighted by molar-refractivity contribution is 7.92. The van der Waals surface area contributed by atoms with Gasteiger partial charge in [-0.15, -0.1) is 0 Å². The number of carbonyl (C=O) groups is 1. The van der Waals surface area contributed by atoms with Crippen molar-refractivity contribution in [1.82, 2.24) is 5.32 Å². The van der Waals surface area contributed by atoms with Gasteiger partial charge in [-0.2, -0.15) is 0 Å². The quantitative estimate of drug-likeness (QED) is 0.681. The Morgan fingerprint density at radius 1 is 1.39 bits per heavy atom. The fraction of sp³-hybridized carbons (Fsp3) is 0.533. The third kappa shape index (κ3) is 6.76. The number of anilines is 1. The van der Waals surface area contributed by atoms with Crippen molar-refractivity contribution in [2.75, 3.05) is 37.4 Å². The van der Waals surface area contributed by atoms with Gasteiger partial charge in [-0.25, -0.2) is 8.42 Å². The number of hydrogen-bond donors (Lipinski definition) is 1. The number of methoxy groups -OCH3 is 1. The molecule has 0 radical (unpaired) electrons. The molecule has 0 aliphatic heterocycles. The Hall–Kier alpha value is -1.31. The first-order valence-electron chi connectivity index (χ1n) is 7.25. The van der Waals surface area contributed by atoms with E-state index in [4.69, 9.17) is 16.3 Å². The Kier molecular flexibility index (Phi) is 7.81. The summed E-state index contributed by atoms with van der Waals surface area (Å²) in [6, 6.07) is 5.02. The summed E-state index contributed by atoms with van der Waals surface area (Å²) in [7, 11) is -1.90. The zero-order valence-corrected chi connectivity index (χ0v) is 15.2. The summed E-state index contributed by atoms with van der Waals surface area (Å²) in [5.41, 5.74) is 1.31. The Labute approximate surface area is 142 Å². The fourth-order valence-corrected chi connectivity index (χ4v) is 3.05. The molecule has 1 aromatic rings. The molecule has 0 atom stereocenters. The highest BCUT2D eigenvalue weighted by Gasteiger charge is 2.19. The zero-order chi connectivity index (χ0) is 17.5. The van der Waals surface area contributed by atoms with E-state index in [1.807, 2.05) is 6.92 Å².